The lowest BCUT2D eigenvalue weighted by Crippen LogP contribution is -2.08. The van der Waals surface area contributed by atoms with Crippen molar-refractivity contribution in [1.82, 2.24) is 9.36 Å². The average Bonchev–Trinajstić information content (AvgIpc) is 2.10. The van der Waals surface area contributed by atoms with Crippen LogP contribution in [0.4, 0.5) is 0 Å². The maximum Gasteiger partial charge on any atom is 0.234 e. The van der Waals surface area contributed by atoms with E-state index >= 15 is 0 Å². The highest BCUT2D eigenvalue weighted by Gasteiger charge is 2.14. The van der Waals surface area contributed by atoms with Gasteiger partial charge in [-0.1, -0.05) is 20.8 Å². The summed E-state index contributed by atoms with van der Waals surface area (Å²) in [7, 11) is 0. The molecule has 4 heteroatoms. The summed E-state index contributed by atoms with van der Waals surface area (Å²) in [6.45, 7) is 6.51. The van der Waals surface area contributed by atoms with E-state index in [4.69, 9.17) is 11.6 Å². The van der Waals surface area contributed by atoms with E-state index in [2.05, 4.69) is 30.1 Å². The van der Waals surface area contributed by atoms with Gasteiger partial charge >= 0.3 is 0 Å². The largest absolute Gasteiger partial charge is 0.234 e. The normalized spacial score (nSPS) is 12.0. The van der Waals surface area contributed by atoms with Gasteiger partial charge in [0, 0.05) is 6.42 Å². The minimum absolute atomic E-state index is 0.267. The van der Waals surface area contributed by atoms with Crippen LogP contribution in [0.1, 0.15) is 25.8 Å². The van der Waals surface area contributed by atoms with Gasteiger partial charge in [0.25, 0.3) is 0 Å². The molecule has 0 unspecified atom stereocenters. The maximum absolute atomic E-state index is 5.58. The Hall–Kier alpha value is -0.150. The van der Waals surface area contributed by atoms with Crippen LogP contribution in [-0.2, 0) is 6.42 Å². The minimum atomic E-state index is 0.267. The van der Waals surface area contributed by atoms with E-state index in [0.717, 1.165) is 11.4 Å². The summed E-state index contributed by atoms with van der Waals surface area (Å²) < 4.78 is 3.90. The van der Waals surface area contributed by atoms with Crippen LogP contribution in [0.5, 0.6) is 0 Å². The number of nitrogens with zero attached hydrogens (tertiary/aromatic N) is 2. The van der Waals surface area contributed by atoms with E-state index in [0.29, 0.717) is 5.28 Å². The molecule has 0 aliphatic heterocycles. The third kappa shape index (κ3) is 3.16. The van der Waals surface area contributed by atoms with Crippen LogP contribution in [0.15, 0.2) is 0 Å². The van der Waals surface area contributed by atoms with Crippen LogP contribution in [0.3, 0.4) is 0 Å². The quantitative estimate of drug-likeness (QED) is 0.681. The summed E-state index contributed by atoms with van der Waals surface area (Å²) in [5.74, 6) is 0. The number of halogens is 1. The fraction of sp³-hybridized carbons (Fsp3) is 0.714. The molecule has 0 aliphatic carbocycles. The summed E-state index contributed by atoms with van der Waals surface area (Å²) in [4.78, 5) is 4.07. The Morgan fingerprint density at radius 1 is 1.45 bits per heavy atom. The SMILES string of the molecule is CC(C)(C)Cc1nc(Cl)ns1. The van der Waals surface area contributed by atoms with Crippen molar-refractivity contribution >= 4 is 23.1 Å². The molecular weight excluding hydrogens is 180 g/mol. The summed E-state index contributed by atoms with van der Waals surface area (Å²) in [5.41, 5.74) is 0.267. The lowest BCUT2D eigenvalue weighted by Gasteiger charge is -2.14. The molecule has 0 saturated heterocycles. The van der Waals surface area contributed by atoms with E-state index < -0.39 is 0 Å². The van der Waals surface area contributed by atoms with Crippen molar-refractivity contribution in [2.75, 3.05) is 0 Å². The molecule has 0 saturated carbocycles. The van der Waals surface area contributed by atoms with Gasteiger partial charge in [-0.2, -0.15) is 4.37 Å². The van der Waals surface area contributed by atoms with Gasteiger partial charge in [-0.3, -0.25) is 0 Å². The predicted molar refractivity (Wildman–Crippen MR) is 48.1 cm³/mol. The predicted octanol–water partition coefficient (Wildman–Crippen LogP) is 2.78. The third-order valence-corrected chi connectivity index (χ3v) is 2.10. The first-order valence-corrected chi connectivity index (χ1v) is 4.60. The Balaban J connectivity index is 2.65. The molecule has 62 valence electrons. The highest BCUT2D eigenvalue weighted by Crippen LogP contribution is 2.22. The second-order valence-corrected chi connectivity index (χ2v) is 4.87. The van der Waals surface area contributed by atoms with Crippen LogP contribution >= 0.6 is 23.1 Å². The van der Waals surface area contributed by atoms with Gasteiger partial charge in [-0.15, -0.1) is 0 Å². The van der Waals surface area contributed by atoms with Gasteiger partial charge in [-0.05, 0) is 28.5 Å². The van der Waals surface area contributed by atoms with Crippen molar-refractivity contribution in [3.8, 4) is 0 Å². The first-order chi connectivity index (χ1) is 4.97. The smallest absolute Gasteiger partial charge is 0.210 e. The Morgan fingerprint density at radius 2 is 2.09 bits per heavy atom. The molecule has 1 heterocycles. The van der Waals surface area contributed by atoms with Crippen LogP contribution < -0.4 is 0 Å². The zero-order valence-corrected chi connectivity index (χ0v) is 8.46. The lowest BCUT2D eigenvalue weighted by atomic mass is 9.93. The molecule has 0 aromatic carbocycles. The molecule has 0 atom stereocenters. The second-order valence-electron chi connectivity index (χ2n) is 3.69. The summed E-state index contributed by atoms with van der Waals surface area (Å²) in [6.07, 6.45) is 0.942. The first kappa shape index (κ1) is 8.94. The summed E-state index contributed by atoms with van der Waals surface area (Å²) >= 11 is 6.96. The van der Waals surface area contributed by atoms with Gasteiger partial charge in [0.1, 0.15) is 5.01 Å². The van der Waals surface area contributed by atoms with Crippen molar-refractivity contribution < 1.29 is 0 Å². The molecule has 1 aromatic heterocycles. The number of rotatable bonds is 1. The number of hydrogen-bond acceptors (Lipinski definition) is 3. The number of hydrogen-bond donors (Lipinski definition) is 0. The van der Waals surface area contributed by atoms with E-state index in [1.165, 1.54) is 11.5 Å². The van der Waals surface area contributed by atoms with Crippen molar-refractivity contribution in [1.29, 1.82) is 0 Å². The molecule has 1 rings (SSSR count). The zero-order valence-electron chi connectivity index (χ0n) is 6.89. The Kier molecular flexibility index (Phi) is 2.50. The lowest BCUT2D eigenvalue weighted by molar-refractivity contribution is 0.410. The van der Waals surface area contributed by atoms with E-state index in [9.17, 15) is 0 Å². The van der Waals surface area contributed by atoms with Crippen molar-refractivity contribution in [2.45, 2.75) is 27.2 Å². The van der Waals surface area contributed by atoms with Crippen LogP contribution in [0, 0.1) is 5.41 Å². The van der Waals surface area contributed by atoms with Crippen LogP contribution in [-0.4, -0.2) is 9.36 Å². The molecule has 0 aliphatic rings. The maximum atomic E-state index is 5.58. The number of aromatic nitrogens is 2. The monoisotopic (exact) mass is 190 g/mol. The fourth-order valence-electron chi connectivity index (χ4n) is 0.760. The van der Waals surface area contributed by atoms with Crippen molar-refractivity contribution in [3.05, 3.63) is 10.3 Å². The standard InChI is InChI=1S/C7H11ClN2S/c1-7(2,3)4-5-9-6(8)10-11-5/h4H2,1-3H3. The molecule has 2 nitrogen and oxygen atoms in total. The van der Waals surface area contributed by atoms with Gasteiger partial charge in [0.05, 0.1) is 0 Å². The molecule has 0 spiro atoms. The highest BCUT2D eigenvalue weighted by atomic mass is 35.5. The molecule has 1 aromatic rings. The molecular formula is C7H11ClN2S. The topological polar surface area (TPSA) is 25.8 Å². The highest BCUT2D eigenvalue weighted by molar-refractivity contribution is 7.05. The summed E-state index contributed by atoms with van der Waals surface area (Å²) in [6, 6.07) is 0. The molecule has 11 heavy (non-hydrogen) atoms. The molecule has 0 amide bonds. The fourth-order valence-corrected chi connectivity index (χ4v) is 1.86. The van der Waals surface area contributed by atoms with Gasteiger partial charge < -0.3 is 0 Å². The first-order valence-electron chi connectivity index (χ1n) is 3.45. The van der Waals surface area contributed by atoms with Crippen molar-refractivity contribution in [2.24, 2.45) is 5.41 Å². The molecule has 0 N–H and O–H groups in total. The molecule has 0 bridgehead atoms. The Labute approximate surface area is 75.8 Å². The minimum Gasteiger partial charge on any atom is -0.210 e. The van der Waals surface area contributed by atoms with E-state index in [1.807, 2.05) is 0 Å². The summed E-state index contributed by atoms with van der Waals surface area (Å²) in [5, 5.41) is 1.39. The van der Waals surface area contributed by atoms with Crippen LogP contribution in [0.25, 0.3) is 0 Å². The third-order valence-electron chi connectivity index (χ3n) is 1.12. The molecule has 0 radical (unpaired) electrons. The Bertz CT molecular complexity index is 239. The average molecular weight is 191 g/mol. The Morgan fingerprint density at radius 3 is 2.45 bits per heavy atom. The molecule has 0 fully saturated rings. The van der Waals surface area contributed by atoms with E-state index in [-0.39, 0.29) is 5.41 Å². The van der Waals surface area contributed by atoms with Gasteiger partial charge in [-0.25, -0.2) is 4.98 Å². The zero-order chi connectivity index (χ0) is 8.48. The van der Waals surface area contributed by atoms with Gasteiger partial charge in [0.2, 0.25) is 5.28 Å². The van der Waals surface area contributed by atoms with E-state index in [1.54, 1.807) is 0 Å². The van der Waals surface area contributed by atoms with Gasteiger partial charge in [0.15, 0.2) is 0 Å². The second kappa shape index (κ2) is 3.07. The van der Waals surface area contributed by atoms with Crippen LogP contribution in [0.2, 0.25) is 5.28 Å². The van der Waals surface area contributed by atoms with Crippen molar-refractivity contribution in [3.63, 3.8) is 0 Å².